The number of hydrogen-bond donors (Lipinski definition) is 1. The Kier molecular flexibility index (Phi) is 3.10. The summed E-state index contributed by atoms with van der Waals surface area (Å²) >= 11 is 0. The van der Waals surface area contributed by atoms with E-state index in [-0.39, 0.29) is 0 Å². The van der Waals surface area contributed by atoms with E-state index in [9.17, 15) is 8.42 Å². The Bertz CT molecular complexity index is 573. The highest BCUT2D eigenvalue weighted by Crippen LogP contribution is 2.32. The lowest BCUT2D eigenvalue weighted by Crippen LogP contribution is -2.23. The first kappa shape index (κ1) is 12.3. The molecule has 0 saturated carbocycles. The standard InChI is InChI=1S/C13H17NO2S/c1-9(14-3)6-11-4-5-13-12(8-11)7-10(2)17(13,15)16/h4-5,7-9,14H,6H2,1-3H3. The molecule has 0 aliphatic carbocycles. The van der Waals surface area contributed by atoms with Crippen LogP contribution in [0.3, 0.4) is 0 Å². The first-order valence-electron chi connectivity index (χ1n) is 5.68. The van der Waals surface area contributed by atoms with Crippen LogP contribution in [0.5, 0.6) is 0 Å². The molecular formula is C13H17NO2S. The Labute approximate surface area is 102 Å². The second-order valence-electron chi connectivity index (χ2n) is 4.52. The Morgan fingerprint density at radius 2 is 2.06 bits per heavy atom. The van der Waals surface area contributed by atoms with Crippen molar-refractivity contribution in [3.05, 3.63) is 34.2 Å². The van der Waals surface area contributed by atoms with Crippen molar-refractivity contribution in [1.82, 2.24) is 5.32 Å². The van der Waals surface area contributed by atoms with Crippen LogP contribution in [0.4, 0.5) is 0 Å². The highest BCUT2D eigenvalue weighted by atomic mass is 32.2. The first-order valence-corrected chi connectivity index (χ1v) is 7.17. The zero-order valence-corrected chi connectivity index (χ0v) is 11.1. The van der Waals surface area contributed by atoms with Crippen LogP contribution in [0.15, 0.2) is 28.0 Å². The van der Waals surface area contributed by atoms with Gasteiger partial charge in [0.15, 0.2) is 0 Å². The normalized spacial score (nSPS) is 18.6. The Morgan fingerprint density at radius 3 is 2.71 bits per heavy atom. The molecular weight excluding hydrogens is 234 g/mol. The van der Waals surface area contributed by atoms with Crippen molar-refractivity contribution in [3.8, 4) is 0 Å². The molecule has 92 valence electrons. The molecule has 1 aliphatic heterocycles. The zero-order chi connectivity index (χ0) is 12.6. The third kappa shape index (κ3) is 2.15. The third-order valence-electron chi connectivity index (χ3n) is 3.18. The van der Waals surface area contributed by atoms with Gasteiger partial charge in [-0.25, -0.2) is 8.42 Å². The SMILES string of the molecule is CNC(C)Cc1ccc2c(c1)C=C(C)S2(=O)=O. The van der Waals surface area contributed by atoms with E-state index in [4.69, 9.17) is 0 Å². The van der Waals surface area contributed by atoms with E-state index in [1.54, 1.807) is 19.1 Å². The van der Waals surface area contributed by atoms with Crippen molar-refractivity contribution in [1.29, 1.82) is 0 Å². The molecule has 0 aromatic heterocycles. The minimum Gasteiger partial charge on any atom is -0.317 e. The van der Waals surface area contributed by atoms with Gasteiger partial charge in [-0.1, -0.05) is 12.1 Å². The Morgan fingerprint density at radius 1 is 1.35 bits per heavy atom. The van der Waals surface area contributed by atoms with Gasteiger partial charge in [0.1, 0.15) is 0 Å². The lowest BCUT2D eigenvalue weighted by Gasteiger charge is -2.10. The number of nitrogens with one attached hydrogen (secondary N) is 1. The molecule has 3 nitrogen and oxygen atoms in total. The van der Waals surface area contributed by atoms with Crippen LogP contribution in [0, 0.1) is 0 Å². The molecule has 1 N–H and O–H groups in total. The second-order valence-corrected chi connectivity index (χ2v) is 6.62. The number of sulfone groups is 1. The minimum absolute atomic E-state index is 0.385. The fraction of sp³-hybridized carbons (Fsp3) is 0.385. The maximum atomic E-state index is 11.9. The summed E-state index contributed by atoms with van der Waals surface area (Å²) in [7, 11) is -1.27. The molecule has 1 aliphatic rings. The van der Waals surface area contributed by atoms with Gasteiger partial charge < -0.3 is 5.32 Å². The molecule has 1 heterocycles. The van der Waals surface area contributed by atoms with Crippen LogP contribution in [-0.4, -0.2) is 21.5 Å². The maximum absolute atomic E-state index is 11.9. The third-order valence-corrected chi connectivity index (χ3v) is 5.10. The fourth-order valence-corrected chi connectivity index (χ4v) is 3.31. The topological polar surface area (TPSA) is 46.2 Å². The average molecular weight is 251 g/mol. The predicted octanol–water partition coefficient (Wildman–Crippen LogP) is 1.99. The van der Waals surface area contributed by atoms with E-state index in [1.807, 2.05) is 19.2 Å². The highest BCUT2D eigenvalue weighted by molar-refractivity contribution is 7.95. The molecule has 0 radical (unpaired) electrons. The Balaban J connectivity index is 2.38. The molecule has 1 unspecified atom stereocenters. The van der Waals surface area contributed by atoms with Gasteiger partial charge in [0.2, 0.25) is 9.84 Å². The van der Waals surface area contributed by atoms with E-state index in [0.717, 1.165) is 17.5 Å². The lowest BCUT2D eigenvalue weighted by atomic mass is 10.0. The van der Waals surface area contributed by atoms with Crippen LogP contribution in [0.1, 0.15) is 25.0 Å². The van der Waals surface area contributed by atoms with E-state index in [2.05, 4.69) is 12.2 Å². The predicted molar refractivity (Wildman–Crippen MR) is 69.5 cm³/mol. The summed E-state index contributed by atoms with van der Waals surface area (Å²) in [5, 5.41) is 3.17. The fourth-order valence-electron chi connectivity index (χ4n) is 2.01. The van der Waals surface area contributed by atoms with E-state index >= 15 is 0 Å². The van der Waals surface area contributed by atoms with Crippen molar-refractivity contribution in [2.24, 2.45) is 0 Å². The number of allylic oxidation sites excluding steroid dienone is 1. The Hall–Kier alpha value is -1.13. The van der Waals surface area contributed by atoms with Gasteiger partial charge in [-0.2, -0.15) is 0 Å². The molecule has 0 saturated heterocycles. The summed E-state index contributed by atoms with van der Waals surface area (Å²) in [6, 6.07) is 5.97. The molecule has 4 heteroatoms. The van der Waals surface area contributed by atoms with Crippen molar-refractivity contribution < 1.29 is 8.42 Å². The molecule has 1 aromatic rings. The highest BCUT2D eigenvalue weighted by Gasteiger charge is 2.26. The number of benzene rings is 1. The summed E-state index contributed by atoms with van der Waals surface area (Å²) in [6.45, 7) is 3.75. The van der Waals surface area contributed by atoms with Gasteiger partial charge in [-0.15, -0.1) is 0 Å². The van der Waals surface area contributed by atoms with Gasteiger partial charge in [-0.3, -0.25) is 0 Å². The molecule has 1 aromatic carbocycles. The minimum atomic E-state index is -3.19. The van der Waals surface area contributed by atoms with Gasteiger partial charge in [0.25, 0.3) is 0 Å². The van der Waals surface area contributed by atoms with Crippen molar-refractivity contribution in [3.63, 3.8) is 0 Å². The molecule has 17 heavy (non-hydrogen) atoms. The molecule has 2 rings (SSSR count). The molecule has 0 bridgehead atoms. The van der Waals surface area contributed by atoms with Crippen molar-refractivity contribution in [2.75, 3.05) is 7.05 Å². The number of likely N-dealkylation sites (N-methyl/N-ethyl adjacent to an activating group) is 1. The van der Waals surface area contributed by atoms with Crippen LogP contribution in [0.25, 0.3) is 6.08 Å². The zero-order valence-electron chi connectivity index (χ0n) is 10.3. The quantitative estimate of drug-likeness (QED) is 0.893. The summed E-state index contributed by atoms with van der Waals surface area (Å²) in [5.74, 6) is 0. The smallest absolute Gasteiger partial charge is 0.203 e. The van der Waals surface area contributed by atoms with Crippen molar-refractivity contribution >= 4 is 15.9 Å². The number of fused-ring (bicyclic) bond motifs is 1. The monoisotopic (exact) mass is 251 g/mol. The first-order chi connectivity index (χ1) is 7.95. The van der Waals surface area contributed by atoms with Crippen LogP contribution >= 0.6 is 0 Å². The molecule has 0 fully saturated rings. The summed E-state index contributed by atoms with van der Waals surface area (Å²) in [6.07, 6.45) is 2.65. The summed E-state index contributed by atoms with van der Waals surface area (Å²) in [4.78, 5) is 0.877. The van der Waals surface area contributed by atoms with Gasteiger partial charge >= 0.3 is 0 Å². The largest absolute Gasteiger partial charge is 0.317 e. The van der Waals surface area contributed by atoms with E-state index in [1.165, 1.54) is 0 Å². The lowest BCUT2D eigenvalue weighted by molar-refractivity contribution is 0.602. The maximum Gasteiger partial charge on any atom is 0.203 e. The molecule has 0 spiro atoms. The second kappa shape index (κ2) is 4.27. The summed E-state index contributed by atoms with van der Waals surface area (Å²) < 4.78 is 23.8. The van der Waals surface area contributed by atoms with E-state index < -0.39 is 9.84 Å². The number of rotatable bonds is 3. The van der Waals surface area contributed by atoms with Crippen molar-refractivity contribution in [2.45, 2.75) is 31.2 Å². The number of hydrogen-bond acceptors (Lipinski definition) is 3. The van der Waals surface area contributed by atoms with E-state index in [0.29, 0.717) is 15.8 Å². The average Bonchev–Trinajstić information content (AvgIpc) is 2.49. The van der Waals surface area contributed by atoms with Gasteiger partial charge in [0.05, 0.1) is 4.90 Å². The molecule has 1 atom stereocenters. The summed E-state index contributed by atoms with van der Waals surface area (Å²) in [5.41, 5.74) is 1.98. The van der Waals surface area contributed by atoms with Crippen LogP contribution in [-0.2, 0) is 16.3 Å². The van der Waals surface area contributed by atoms with Crippen LogP contribution in [0.2, 0.25) is 0 Å². The molecule has 0 amide bonds. The van der Waals surface area contributed by atoms with Crippen LogP contribution < -0.4 is 5.32 Å². The van der Waals surface area contributed by atoms with Gasteiger partial charge in [-0.05, 0) is 50.6 Å². The van der Waals surface area contributed by atoms with Gasteiger partial charge in [0, 0.05) is 10.9 Å².